The van der Waals surface area contributed by atoms with Crippen molar-refractivity contribution in [3.63, 3.8) is 0 Å². The van der Waals surface area contributed by atoms with Crippen molar-refractivity contribution in [2.45, 2.75) is 32.7 Å². The molecular weight excluding hydrogens is 338 g/mol. The number of furan rings is 1. The van der Waals surface area contributed by atoms with E-state index in [0.717, 1.165) is 40.9 Å². The first-order valence-corrected chi connectivity index (χ1v) is 8.04. The van der Waals surface area contributed by atoms with Gasteiger partial charge in [-0.2, -0.15) is 0 Å². The van der Waals surface area contributed by atoms with Gasteiger partial charge >= 0.3 is 0 Å². The van der Waals surface area contributed by atoms with E-state index in [4.69, 9.17) is 16.0 Å². The highest BCUT2D eigenvalue weighted by molar-refractivity contribution is 9.10. The largest absolute Gasteiger partial charge is 0.461 e. The first-order chi connectivity index (χ1) is 9.60. The van der Waals surface area contributed by atoms with Gasteiger partial charge in [-0.3, -0.25) is 0 Å². The van der Waals surface area contributed by atoms with Gasteiger partial charge < -0.3 is 9.73 Å². The summed E-state index contributed by atoms with van der Waals surface area (Å²) in [7, 11) is 0. The van der Waals surface area contributed by atoms with Gasteiger partial charge in [-0.25, -0.2) is 0 Å². The molecule has 0 saturated heterocycles. The van der Waals surface area contributed by atoms with Crippen LogP contribution in [0.15, 0.2) is 39.2 Å². The summed E-state index contributed by atoms with van der Waals surface area (Å²) in [5.74, 6) is 1.83. The molecule has 108 valence electrons. The minimum Gasteiger partial charge on any atom is -0.461 e. The zero-order chi connectivity index (χ0) is 14.5. The molecule has 0 aliphatic heterocycles. The molecule has 1 N–H and O–H groups in total. The minimum atomic E-state index is 0.414. The summed E-state index contributed by atoms with van der Waals surface area (Å²) in [6.45, 7) is 5.38. The van der Waals surface area contributed by atoms with Crippen molar-refractivity contribution >= 4 is 27.5 Å². The molecule has 1 aromatic carbocycles. The number of halogens is 2. The Morgan fingerprint density at radius 3 is 2.85 bits per heavy atom. The van der Waals surface area contributed by atoms with Gasteiger partial charge in [0.05, 0.1) is 0 Å². The Hall–Kier alpha value is -0.770. The molecule has 2 rings (SSSR count). The number of benzene rings is 1. The van der Waals surface area contributed by atoms with Crippen LogP contribution >= 0.6 is 27.5 Å². The van der Waals surface area contributed by atoms with Crippen molar-refractivity contribution in [3.05, 3.63) is 45.6 Å². The normalized spacial score (nSPS) is 12.6. The monoisotopic (exact) mass is 355 g/mol. The number of rotatable bonds is 6. The molecule has 0 fully saturated rings. The Kier molecular flexibility index (Phi) is 5.70. The second-order valence-corrected chi connectivity index (χ2v) is 6.24. The zero-order valence-electron chi connectivity index (χ0n) is 11.7. The fraction of sp³-hybridized carbons (Fsp3) is 0.375. The van der Waals surface area contributed by atoms with E-state index in [9.17, 15) is 0 Å². The van der Waals surface area contributed by atoms with Gasteiger partial charge in [0.1, 0.15) is 11.5 Å². The molecule has 2 aromatic rings. The average Bonchev–Trinajstić information content (AvgIpc) is 2.87. The molecule has 1 aromatic heterocycles. The fourth-order valence-corrected chi connectivity index (χ4v) is 2.70. The quantitative estimate of drug-likeness (QED) is 0.760. The molecule has 20 heavy (non-hydrogen) atoms. The number of hydrogen-bond acceptors (Lipinski definition) is 2. The van der Waals surface area contributed by atoms with Crippen LogP contribution < -0.4 is 5.32 Å². The molecule has 4 heteroatoms. The molecule has 2 nitrogen and oxygen atoms in total. The van der Waals surface area contributed by atoms with Crippen LogP contribution in [-0.2, 0) is 6.42 Å². The topological polar surface area (TPSA) is 25.2 Å². The fourth-order valence-electron chi connectivity index (χ4n) is 2.08. The van der Waals surface area contributed by atoms with Crippen LogP contribution in [0.25, 0.3) is 11.3 Å². The Labute approximate surface area is 133 Å². The van der Waals surface area contributed by atoms with E-state index in [0.29, 0.717) is 11.1 Å². The van der Waals surface area contributed by atoms with E-state index in [1.165, 1.54) is 0 Å². The maximum absolute atomic E-state index is 6.04. The molecule has 0 amide bonds. The van der Waals surface area contributed by atoms with Gasteiger partial charge in [0.15, 0.2) is 0 Å². The second kappa shape index (κ2) is 7.30. The van der Waals surface area contributed by atoms with Gasteiger partial charge in [-0.1, -0.05) is 34.5 Å². The molecule has 1 unspecified atom stereocenters. The van der Waals surface area contributed by atoms with Crippen LogP contribution in [0, 0.1) is 0 Å². The van der Waals surface area contributed by atoms with Gasteiger partial charge in [0.25, 0.3) is 0 Å². The summed E-state index contributed by atoms with van der Waals surface area (Å²) in [5.41, 5.74) is 0.984. The summed E-state index contributed by atoms with van der Waals surface area (Å²) in [6.07, 6.45) is 2.03. The van der Waals surface area contributed by atoms with E-state index in [1.54, 1.807) is 0 Å². The maximum atomic E-state index is 6.04. The first kappa shape index (κ1) is 15.6. The summed E-state index contributed by atoms with van der Waals surface area (Å²) >= 11 is 9.57. The van der Waals surface area contributed by atoms with Gasteiger partial charge in [-0.15, -0.1) is 0 Å². The lowest BCUT2D eigenvalue weighted by molar-refractivity contribution is 0.464. The predicted octanol–water partition coefficient (Wildman–Crippen LogP) is 5.29. The molecule has 1 heterocycles. The van der Waals surface area contributed by atoms with Crippen molar-refractivity contribution in [1.82, 2.24) is 5.32 Å². The smallest absolute Gasteiger partial charge is 0.135 e. The van der Waals surface area contributed by atoms with Crippen LogP contribution in [0.1, 0.15) is 26.0 Å². The summed E-state index contributed by atoms with van der Waals surface area (Å²) in [5, 5.41) is 4.17. The maximum Gasteiger partial charge on any atom is 0.135 e. The van der Waals surface area contributed by atoms with Crippen molar-refractivity contribution < 1.29 is 4.42 Å². The SMILES string of the molecule is CCCNC(C)Cc1ccc(-c2cc(Cl)ccc2Br)o1. The Morgan fingerprint density at radius 1 is 1.30 bits per heavy atom. The van der Waals surface area contributed by atoms with Gasteiger partial charge in [0, 0.05) is 27.5 Å². The number of hydrogen-bond donors (Lipinski definition) is 1. The standard InChI is InChI=1S/C16H19BrClNO/c1-3-8-19-11(2)9-13-5-7-16(20-13)14-10-12(18)4-6-15(14)17/h4-7,10-11,19H,3,8-9H2,1-2H3. The second-order valence-electron chi connectivity index (χ2n) is 4.95. The number of nitrogens with one attached hydrogen (secondary N) is 1. The van der Waals surface area contributed by atoms with Gasteiger partial charge in [0.2, 0.25) is 0 Å². The van der Waals surface area contributed by atoms with Crippen molar-refractivity contribution in [3.8, 4) is 11.3 Å². The third kappa shape index (κ3) is 4.11. The molecule has 0 spiro atoms. The first-order valence-electron chi connectivity index (χ1n) is 6.87. The lowest BCUT2D eigenvalue weighted by Crippen LogP contribution is -2.28. The van der Waals surface area contributed by atoms with Crippen LogP contribution in [0.2, 0.25) is 5.02 Å². The van der Waals surface area contributed by atoms with Gasteiger partial charge in [-0.05, 0) is 50.2 Å². The minimum absolute atomic E-state index is 0.414. The van der Waals surface area contributed by atoms with Crippen molar-refractivity contribution in [2.24, 2.45) is 0 Å². The van der Waals surface area contributed by atoms with E-state index >= 15 is 0 Å². The molecule has 0 bridgehead atoms. The third-order valence-corrected chi connectivity index (χ3v) is 4.03. The summed E-state index contributed by atoms with van der Waals surface area (Å²) in [6, 6.07) is 10.1. The summed E-state index contributed by atoms with van der Waals surface area (Å²) in [4.78, 5) is 0. The van der Waals surface area contributed by atoms with E-state index in [1.807, 2.05) is 30.3 Å². The molecule has 0 radical (unpaired) electrons. The van der Waals surface area contributed by atoms with E-state index in [-0.39, 0.29) is 0 Å². The molecule has 0 aliphatic carbocycles. The summed E-state index contributed by atoms with van der Waals surface area (Å²) < 4.78 is 6.91. The van der Waals surface area contributed by atoms with E-state index < -0.39 is 0 Å². The average molecular weight is 357 g/mol. The van der Waals surface area contributed by atoms with Crippen LogP contribution in [0.5, 0.6) is 0 Å². The Bertz CT molecular complexity index is 567. The third-order valence-electron chi connectivity index (χ3n) is 3.11. The lowest BCUT2D eigenvalue weighted by atomic mass is 10.2. The Balaban J connectivity index is 2.10. The van der Waals surface area contributed by atoms with Crippen LogP contribution in [-0.4, -0.2) is 12.6 Å². The molecule has 0 saturated carbocycles. The Morgan fingerprint density at radius 2 is 2.10 bits per heavy atom. The zero-order valence-corrected chi connectivity index (χ0v) is 14.1. The lowest BCUT2D eigenvalue weighted by Gasteiger charge is -2.11. The highest BCUT2D eigenvalue weighted by Crippen LogP contribution is 2.32. The molecular formula is C16H19BrClNO. The predicted molar refractivity (Wildman–Crippen MR) is 88.3 cm³/mol. The highest BCUT2D eigenvalue weighted by Gasteiger charge is 2.11. The van der Waals surface area contributed by atoms with Crippen LogP contribution in [0.3, 0.4) is 0 Å². The highest BCUT2D eigenvalue weighted by atomic mass is 79.9. The molecule has 0 aliphatic rings. The van der Waals surface area contributed by atoms with Crippen molar-refractivity contribution in [1.29, 1.82) is 0 Å². The van der Waals surface area contributed by atoms with Crippen molar-refractivity contribution in [2.75, 3.05) is 6.54 Å². The molecule has 1 atom stereocenters. The van der Waals surface area contributed by atoms with E-state index in [2.05, 4.69) is 35.1 Å². The van der Waals surface area contributed by atoms with Crippen LogP contribution in [0.4, 0.5) is 0 Å².